The topological polar surface area (TPSA) is 59.4 Å². The Balaban J connectivity index is 2.28. The number of nitrogens with one attached hydrogen (secondary N) is 1. The molecule has 5 nitrogen and oxygen atoms in total. The van der Waals surface area contributed by atoms with Gasteiger partial charge in [-0.05, 0) is 6.92 Å². The van der Waals surface area contributed by atoms with Crippen LogP contribution in [0.1, 0.15) is 6.92 Å². The summed E-state index contributed by atoms with van der Waals surface area (Å²) >= 11 is 0. The molecule has 1 fully saturated rings. The summed E-state index contributed by atoms with van der Waals surface area (Å²) in [7, 11) is 0. The fraction of sp³-hybridized carbons (Fsp3) is 0.778. The highest BCUT2D eigenvalue weighted by Gasteiger charge is 2.19. The van der Waals surface area contributed by atoms with Crippen LogP contribution in [-0.4, -0.2) is 55.1 Å². The van der Waals surface area contributed by atoms with Gasteiger partial charge in [-0.25, -0.2) is 4.79 Å². The molecule has 0 bridgehead atoms. The highest BCUT2D eigenvalue weighted by molar-refractivity contribution is 5.74. The van der Waals surface area contributed by atoms with Gasteiger partial charge in [0.2, 0.25) is 0 Å². The number of hydrogen-bond acceptors (Lipinski definition) is 3. The van der Waals surface area contributed by atoms with Gasteiger partial charge in [0.05, 0.1) is 12.6 Å². The zero-order valence-electron chi connectivity index (χ0n) is 8.49. The van der Waals surface area contributed by atoms with Crippen LogP contribution in [0.15, 0.2) is 0 Å². The zero-order valence-corrected chi connectivity index (χ0v) is 8.49. The summed E-state index contributed by atoms with van der Waals surface area (Å²) in [6.45, 7) is 6.06. The number of amides is 2. The van der Waals surface area contributed by atoms with Gasteiger partial charge >= 0.3 is 6.03 Å². The van der Waals surface area contributed by atoms with Crippen LogP contribution in [0.3, 0.4) is 0 Å². The van der Waals surface area contributed by atoms with Crippen molar-refractivity contribution in [3.63, 3.8) is 0 Å². The van der Waals surface area contributed by atoms with Gasteiger partial charge in [-0.2, -0.15) is 5.26 Å². The number of rotatable bonds is 2. The van der Waals surface area contributed by atoms with Crippen molar-refractivity contribution in [2.75, 3.05) is 39.3 Å². The molecule has 14 heavy (non-hydrogen) atoms. The number of urea groups is 1. The van der Waals surface area contributed by atoms with E-state index in [0.717, 1.165) is 13.1 Å². The molecular formula is C9H16N4O. The van der Waals surface area contributed by atoms with Crippen LogP contribution in [0.4, 0.5) is 4.79 Å². The van der Waals surface area contributed by atoms with Crippen LogP contribution in [0.25, 0.3) is 0 Å². The Labute approximate surface area is 84.3 Å². The van der Waals surface area contributed by atoms with E-state index in [2.05, 4.69) is 16.3 Å². The van der Waals surface area contributed by atoms with Gasteiger partial charge < -0.3 is 10.2 Å². The Morgan fingerprint density at radius 1 is 1.43 bits per heavy atom. The summed E-state index contributed by atoms with van der Waals surface area (Å²) < 4.78 is 0. The molecule has 0 aromatic carbocycles. The van der Waals surface area contributed by atoms with Crippen molar-refractivity contribution in [2.45, 2.75) is 6.92 Å². The molecular weight excluding hydrogens is 180 g/mol. The Morgan fingerprint density at radius 3 is 2.57 bits per heavy atom. The van der Waals surface area contributed by atoms with E-state index in [0.29, 0.717) is 26.2 Å². The molecule has 0 atom stereocenters. The highest BCUT2D eigenvalue weighted by atomic mass is 16.2. The molecule has 0 saturated carbocycles. The monoisotopic (exact) mass is 196 g/mol. The first-order chi connectivity index (χ1) is 6.77. The number of hydrogen-bond donors (Lipinski definition) is 1. The minimum atomic E-state index is 0.00380. The largest absolute Gasteiger partial charge is 0.338 e. The van der Waals surface area contributed by atoms with E-state index in [9.17, 15) is 4.79 Å². The molecule has 78 valence electrons. The fourth-order valence-corrected chi connectivity index (χ4v) is 1.47. The van der Waals surface area contributed by atoms with Crippen molar-refractivity contribution in [1.29, 1.82) is 5.26 Å². The molecule has 1 N–H and O–H groups in total. The summed E-state index contributed by atoms with van der Waals surface area (Å²) in [6, 6.07) is 2.12. The Bertz CT molecular complexity index is 227. The molecule has 0 unspecified atom stereocenters. The lowest BCUT2D eigenvalue weighted by Crippen LogP contribution is -2.51. The highest BCUT2D eigenvalue weighted by Crippen LogP contribution is 2.00. The van der Waals surface area contributed by atoms with E-state index in [-0.39, 0.29) is 6.03 Å². The number of piperazine rings is 1. The van der Waals surface area contributed by atoms with E-state index in [1.807, 2.05) is 6.92 Å². The van der Waals surface area contributed by atoms with Gasteiger partial charge in [-0.1, -0.05) is 0 Å². The number of carbonyl (C=O) groups is 1. The predicted molar refractivity (Wildman–Crippen MR) is 52.7 cm³/mol. The molecule has 1 aliphatic heterocycles. The Morgan fingerprint density at radius 2 is 2.07 bits per heavy atom. The van der Waals surface area contributed by atoms with Crippen LogP contribution < -0.4 is 5.32 Å². The van der Waals surface area contributed by atoms with Gasteiger partial charge in [-0.3, -0.25) is 4.90 Å². The van der Waals surface area contributed by atoms with Crippen LogP contribution in [0.2, 0.25) is 0 Å². The molecule has 0 spiro atoms. The van der Waals surface area contributed by atoms with Crippen molar-refractivity contribution >= 4 is 6.03 Å². The minimum Gasteiger partial charge on any atom is -0.338 e. The molecule has 0 aliphatic carbocycles. The first-order valence-electron chi connectivity index (χ1n) is 4.90. The number of nitriles is 1. The van der Waals surface area contributed by atoms with Gasteiger partial charge in [-0.15, -0.1) is 0 Å². The summed E-state index contributed by atoms with van der Waals surface area (Å²) in [5, 5.41) is 11.3. The second kappa shape index (κ2) is 5.45. The predicted octanol–water partition coefficient (Wildman–Crippen LogP) is -0.143. The van der Waals surface area contributed by atoms with Crippen molar-refractivity contribution in [2.24, 2.45) is 0 Å². The van der Waals surface area contributed by atoms with E-state index in [1.165, 1.54) is 0 Å². The third-order valence-corrected chi connectivity index (χ3v) is 2.28. The molecule has 1 rings (SSSR count). The lowest BCUT2D eigenvalue weighted by molar-refractivity contribution is 0.148. The average Bonchev–Trinajstić information content (AvgIpc) is 2.20. The first kappa shape index (κ1) is 10.8. The third-order valence-electron chi connectivity index (χ3n) is 2.28. The lowest BCUT2D eigenvalue weighted by atomic mass is 10.3. The second-order valence-corrected chi connectivity index (χ2v) is 3.26. The van der Waals surface area contributed by atoms with Gasteiger partial charge in [0.15, 0.2) is 0 Å². The van der Waals surface area contributed by atoms with Gasteiger partial charge in [0, 0.05) is 32.7 Å². The molecule has 1 saturated heterocycles. The average molecular weight is 196 g/mol. The molecule has 2 amide bonds. The number of nitrogens with zero attached hydrogens (tertiary/aromatic N) is 3. The van der Waals surface area contributed by atoms with E-state index in [4.69, 9.17) is 5.26 Å². The summed E-state index contributed by atoms with van der Waals surface area (Å²) in [6.07, 6.45) is 0. The van der Waals surface area contributed by atoms with Crippen molar-refractivity contribution in [3.05, 3.63) is 0 Å². The SMILES string of the molecule is CCNC(=O)N1CCN(CC#N)CC1. The van der Waals surface area contributed by atoms with E-state index < -0.39 is 0 Å². The smallest absolute Gasteiger partial charge is 0.317 e. The molecule has 0 radical (unpaired) electrons. The standard InChI is InChI=1S/C9H16N4O/c1-2-11-9(14)13-7-5-12(4-3-10)6-8-13/h2,4-8H2,1H3,(H,11,14). The summed E-state index contributed by atoms with van der Waals surface area (Å²) in [5.74, 6) is 0. The Kier molecular flexibility index (Phi) is 4.20. The van der Waals surface area contributed by atoms with Gasteiger partial charge in [0.25, 0.3) is 0 Å². The maximum absolute atomic E-state index is 11.4. The minimum absolute atomic E-state index is 0.00380. The number of carbonyl (C=O) groups excluding carboxylic acids is 1. The van der Waals surface area contributed by atoms with Crippen LogP contribution in [-0.2, 0) is 0 Å². The molecule has 1 aliphatic rings. The summed E-state index contributed by atoms with van der Waals surface area (Å²) in [4.78, 5) is 15.2. The maximum atomic E-state index is 11.4. The normalized spacial score (nSPS) is 17.6. The summed E-state index contributed by atoms with van der Waals surface area (Å²) in [5.41, 5.74) is 0. The second-order valence-electron chi connectivity index (χ2n) is 3.26. The van der Waals surface area contributed by atoms with Gasteiger partial charge in [0.1, 0.15) is 0 Å². The third kappa shape index (κ3) is 2.89. The molecule has 5 heteroatoms. The first-order valence-corrected chi connectivity index (χ1v) is 4.90. The van der Waals surface area contributed by atoms with E-state index in [1.54, 1.807) is 4.90 Å². The van der Waals surface area contributed by atoms with Crippen LogP contribution in [0, 0.1) is 11.3 Å². The van der Waals surface area contributed by atoms with Crippen molar-refractivity contribution in [3.8, 4) is 6.07 Å². The Hall–Kier alpha value is -1.28. The van der Waals surface area contributed by atoms with E-state index >= 15 is 0 Å². The lowest BCUT2D eigenvalue weighted by Gasteiger charge is -2.33. The molecule has 0 aromatic rings. The molecule has 0 aromatic heterocycles. The quantitative estimate of drug-likeness (QED) is 0.625. The van der Waals surface area contributed by atoms with Crippen LogP contribution >= 0.6 is 0 Å². The molecule has 1 heterocycles. The van der Waals surface area contributed by atoms with Crippen molar-refractivity contribution < 1.29 is 4.79 Å². The fourth-order valence-electron chi connectivity index (χ4n) is 1.47. The zero-order chi connectivity index (χ0) is 10.4. The maximum Gasteiger partial charge on any atom is 0.317 e. The van der Waals surface area contributed by atoms with Crippen molar-refractivity contribution in [1.82, 2.24) is 15.1 Å². The van der Waals surface area contributed by atoms with Crippen LogP contribution in [0.5, 0.6) is 0 Å².